The molecule has 1 aliphatic rings. The third kappa shape index (κ3) is 3.45. The summed E-state index contributed by atoms with van der Waals surface area (Å²) in [6, 6.07) is 7.46. The molecule has 0 amide bonds. The maximum atomic E-state index is 9.24. The van der Waals surface area contributed by atoms with E-state index in [9.17, 15) is 5.11 Å². The number of phenolic OH excluding ortho intramolecular Hbond substituents is 1. The van der Waals surface area contributed by atoms with Crippen LogP contribution in [-0.4, -0.2) is 30.1 Å². The summed E-state index contributed by atoms with van der Waals surface area (Å²) in [4.78, 5) is 0. The van der Waals surface area contributed by atoms with Gasteiger partial charge < -0.3 is 19.9 Å². The highest BCUT2D eigenvalue weighted by atomic mass is 16.7. The zero-order chi connectivity index (χ0) is 13.2. The quantitative estimate of drug-likeness (QED) is 0.861. The van der Waals surface area contributed by atoms with Gasteiger partial charge in [0.1, 0.15) is 5.75 Å². The molecule has 2 unspecified atom stereocenters. The molecule has 2 N–H and O–H groups in total. The summed E-state index contributed by atoms with van der Waals surface area (Å²) < 4.78 is 11.2. The third-order valence-corrected chi connectivity index (χ3v) is 3.11. The number of rotatable bonds is 4. The van der Waals surface area contributed by atoms with Crippen LogP contribution in [0.5, 0.6) is 5.75 Å². The van der Waals surface area contributed by atoms with Gasteiger partial charge in [0.25, 0.3) is 0 Å². The third-order valence-electron chi connectivity index (χ3n) is 3.11. The van der Waals surface area contributed by atoms with Gasteiger partial charge in [0.05, 0.1) is 12.7 Å². The molecule has 1 saturated heterocycles. The van der Waals surface area contributed by atoms with Gasteiger partial charge in [-0.15, -0.1) is 0 Å². The van der Waals surface area contributed by atoms with Gasteiger partial charge in [-0.05, 0) is 38.5 Å². The van der Waals surface area contributed by atoms with Crippen molar-refractivity contribution >= 4 is 0 Å². The maximum Gasteiger partial charge on any atom is 0.163 e. The van der Waals surface area contributed by atoms with Crippen molar-refractivity contribution < 1.29 is 14.6 Å². The molecule has 18 heavy (non-hydrogen) atoms. The number of ether oxygens (including phenoxy) is 2. The van der Waals surface area contributed by atoms with Gasteiger partial charge in [-0.1, -0.05) is 12.1 Å². The lowest BCUT2D eigenvalue weighted by Gasteiger charge is -2.19. The van der Waals surface area contributed by atoms with E-state index in [0.29, 0.717) is 12.4 Å². The molecule has 100 valence electrons. The second-order valence-corrected chi connectivity index (χ2v) is 5.17. The first-order valence-corrected chi connectivity index (χ1v) is 6.30. The van der Waals surface area contributed by atoms with Gasteiger partial charge in [0, 0.05) is 12.6 Å². The smallest absolute Gasteiger partial charge is 0.163 e. The summed E-state index contributed by atoms with van der Waals surface area (Å²) in [6.07, 6.45) is 0.0968. The summed E-state index contributed by atoms with van der Waals surface area (Å²) in [5, 5.41) is 12.7. The summed E-state index contributed by atoms with van der Waals surface area (Å²) in [6.45, 7) is 7.33. The van der Waals surface area contributed by atoms with Crippen LogP contribution in [0.2, 0.25) is 0 Å². The van der Waals surface area contributed by atoms with E-state index >= 15 is 0 Å². The highest BCUT2D eigenvalue weighted by Crippen LogP contribution is 2.22. The fourth-order valence-electron chi connectivity index (χ4n) is 2.05. The number of hydrogen-bond donors (Lipinski definition) is 2. The van der Waals surface area contributed by atoms with Crippen LogP contribution in [0.3, 0.4) is 0 Å². The van der Waals surface area contributed by atoms with E-state index in [2.05, 4.69) is 12.2 Å². The molecule has 2 atom stereocenters. The summed E-state index contributed by atoms with van der Waals surface area (Å²) in [5.41, 5.74) is 1.14. The first kappa shape index (κ1) is 13.3. The van der Waals surface area contributed by atoms with Crippen LogP contribution in [0.1, 0.15) is 32.4 Å². The van der Waals surface area contributed by atoms with E-state index in [-0.39, 0.29) is 12.1 Å². The number of benzene rings is 1. The summed E-state index contributed by atoms with van der Waals surface area (Å²) in [5.74, 6) is -0.172. The lowest BCUT2D eigenvalue weighted by Crippen LogP contribution is -2.32. The minimum absolute atomic E-state index is 0.0968. The van der Waals surface area contributed by atoms with E-state index in [4.69, 9.17) is 9.47 Å². The molecule has 0 bridgehead atoms. The van der Waals surface area contributed by atoms with E-state index in [1.54, 1.807) is 12.1 Å². The minimum atomic E-state index is -0.464. The van der Waals surface area contributed by atoms with Crippen LogP contribution in [0, 0.1) is 0 Å². The molecular weight excluding hydrogens is 230 g/mol. The van der Waals surface area contributed by atoms with Gasteiger partial charge in [0.15, 0.2) is 5.79 Å². The average Bonchev–Trinajstić information content (AvgIpc) is 2.67. The topological polar surface area (TPSA) is 50.7 Å². The first-order chi connectivity index (χ1) is 8.46. The second kappa shape index (κ2) is 5.26. The van der Waals surface area contributed by atoms with Crippen molar-refractivity contribution in [2.24, 2.45) is 0 Å². The van der Waals surface area contributed by atoms with Gasteiger partial charge in [-0.25, -0.2) is 0 Å². The fourth-order valence-corrected chi connectivity index (χ4v) is 2.05. The normalized spacial score (nSPS) is 24.1. The second-order valence-electron chi connectivity index (χ2n) is 5.17. The highest BCUT2D eigenvalue weighted by molar-refractivity contribution is 5.27. The summed E-state index contributed by atoms with van der Waals surface area (Å²) in [7, 11) is 0. The van der Waals surface area contributed by atoms with Crippen LogP contribution in [0.25, 0.3) is 0 Å². The Balaban J connectivity index is 1.82. The average molecular weight is 251 g/mol. The zero-order valence-corrected chi connectivity index (χ0v) is 11.1. The van der Waals surface area contributed by atoms with Crippen molar-refractivity contribution in [2.45, 2.75) is 38.7 Å². The lowest BCUT2D eigenvalue weighted by molar-refractivity contribution is -0.137. The van der Waals surface area contributed by atoms with Gasteiger partial charge in [-0.3, -0.25) is 0 Å². The number of hydrogen-bond acceptors (Lipinski definition) is 4. The fraction of sp³-hybridized carbons (Fsp3) is 0.571. The molecule has 0 radical (unpaired) electrons. The molecule has 1 aliphatic heterocycles. The Morgan fingerprint density at radius 3 is 2.61 bits per heavy atom. The van der Waals surface area contributed by atoms with Crippen molar-refractivity contribution in [3.8, 4) is 5.75 Å². The van der Waals surface area contributed by atoms with Crippen LogP contribution >= 0.6 is 0 Å². The molecule has 1 fully saturated rings. The van der Waals surface area contributed by atoms with Crippen molar-refractivity contribution in [2.75, 3.05) is 13.2 Å². The highest BCUT2D eigenvalue weighted by Gasteiger charge is 2.32. The van der Waals surface area contributed by atoms with Crippen LogP contribution in [0.15, 0.2) is 24.3 Å². The SMILES string of the molecule is CC(NCC1COC(C)(C)O1)c1ccc(O)cc1. The van der Waals surface area contributed by atoms with Gasteiger partial charge in [0.2, 0.25) is 0 Å². The number of nitrogens with one attached hydrogen (secondary N) is 1. The van der Waals surface area contributed by atoms with E-state index < -0.39 is 5.79 Å². The molecule has 0 aromatic heterocycles. The molecule has 0 saturated carbocycles. The molecule has 0 aliphatic carbocycles. The molecule has 1 aromatic carbocycles. The van der Waals surface area contributed by atoms with Crippen molar-refractivity contribution in [3.05, 3.63) is 29.8 Å². The van der Waals surface area contributed by atoms with E-state index in [1.165, 1.54) is 0 Å². The molecule has 0 spiro atoms. The monoisotopic (exact) mass is 251 g/mol. The van der Waals surface area contributed by atoms with Crippen molar-refractivity contribution in [1.29, 1.82) is 0 Å². The Morgan fingerprint density at radius 1 is 1.39 bits per heavy atom. The Bertz CT molecular complexity index is 389. The zero-order valence-electron chi connectivity index (χ0n) is 11.1. The maximum absolute atomic E-state index is 9.24. The molecule has 1 aromatic rings. The number of phenols is 1. The molecular formula is C14H21NO3. The van der Waals surface area contributed by atoms with Crippen LogP contribution in [0.4, 0.5) is 0 Å². The van der Waals surface area contributed by atoms with E-state index in [1.807, 2.05) is 26.0 Å². The standard InChI is InChI=1S/C14H21NO3/c1-10(11-4-6-12(16)7-5-11)15-8-13-9-17-14(2,3)18-13/h4-7,10,13,15-16H,8-9H2,1-3H3. The predicted molar refractivity (Wildman–Crippen MR) is 69.4 cm³/mol. The van der Waals surface area contributed by atoms with E-state index in [0.717, 1.165) is 12.1 Å². The van der Waals surface area contributed by atoms with Gasteiger partial charge in [-0.2, -0.15) is 0 Å². The Morgan fingerprint density at radius 2 is 2.06 bits per heavy atom. The van der Waals surface area contributed by atoms with Crippen LogP contribution < -0.4 is 5.32 Å². The Labute approximate surface area is 108 Å². The lowest BCUT2D eigenvalue weighted by atomic mass is 10.1. The Kier molecular flexibility index (Phi) is 3.90. The molecule has 1 heterocycles. The molecule has 4 nitrogen and oxygen atoms in total. The van der Waals surface area contributed by atoms with Crippen molar-refractivity contribution in [1.82, 2.24) is 5.32 Å². The largest absolute Gasteiger partial charge is 0.508 e. The van der Waals surface area contributed by atoms with Crippen molar-refractivity contribution in [3.63, 3.8) is 0 Å². The van der Waals surface area contributed by atoms with Crippen LogP contribution in [-0.2, 0) is 9.47 Å². The first-order valence-electron chi connectivity index (χ1n) is 6.30. The minimum Gasteiger partial charge on any atom is -0.508 e. The molecule has 2 rings (SSSR count). The Hall–Kier alpha value is -1.10. The number of aromatic hydroxyl groups is 1. The van der Waals surface area contributed by atoms with Gasteiger partial charge >= 0.3 is 0 Å². The molecule has 4 heteroatoms. The summed E-state index contributed by atoms with van der Waals surface area (Å²) >= 11 is 0. The predicted octanol–water partition coefficient (Wildman–Crippen LogP) is 2.19.